The number of thiophene rings is 1. The second-order valence-corrected chi connectivity index (χ2v) is 4.81. The van der Waals surface area contributed by atoms with Gasteiger partial charge in [0.25, 0.3) is 0 Å². The van der Waals surface area contributed by atoms with Gasteiger partial charge in [-0.3, -0.25) is 0 Å². The van der Waals surface area contributed by atoms with Crippen LogP contribution in [0.3, 0.4) is 0 Å². The number of nitrogens with one attached hydrogen (secondary N) is 1. The summed E-state index contributed by atoms with van der Waals surface area (Å²) < 4.78 is 0. The molecular weight excluding hydrogens is 250 g/mol. The molecule has 94 valence electrons. The molecular formula is C12H13N3O2S. The van der Waals surface area contributed by atoms with E-state index < -0.39 is 5.97 Å². The van der Waals surface area contributed by atoms with Crippen molar-refractivity contribution in [1.29, 1.82) is 0 Å². The van der Waals surface area contributed by atoms with Gasteiger partial charge in [0.15, 0.2) is 0 Å². The summed E-state index contributed by atoms with van der Waals surface area (Å²) in [6.45, 7) is 2.61. The fourth-order valence-electron chi connectivity index (χ4n) is 1.55. The van der Waals surface area contributed by atoms with Gasteiger partial charge in [0, 0.05) is 11.1 Å². The summed E-state index contributed by atoms with van der Waals surface area (Å²) in [6, 6.07) is 3.42. The van der Waals surface area contributed by atoms with E-state index in [9.17, 15) is 4.79 Å². The van der Waals surface area contributed by atoms with Crippen molar-refractivity contribution in [1.82, 2.24) is 4.98 Å². The second kappa shape index (κ2) is 5.05. The first-order chi connectivity index (χ1) is 8.59. The molecule has 0 bridgehead atoms. The lowest BCUT2D eigenvalue weighted by atomic mass is 10.2. The Morgan fingerprint density at radius 3 is 2.94 bits per heavy atom. The van der Waals surface area contributed by atoms with E-state index in [-0.39, 0.29) is 11.3 Å². The summed E-state index contributed by atoms with van der Waals surface area (Å²) in [5.74, 6) is -0.645. The predicted octanol–water partition coefficient (Wildman–Crippen LogP) is 2.34. The molecule has 18 heavy (non-hydrogen) atoms. The zero-order valence-electron chi connectivity index (χ0n) is 9.80. The number of hydrogen-bond acceptors (Lipinski definition) is 5. The van der Waals surface area contributed by atoms with Crippen LogP contribution in [0.2, 0.25) is 0 Å². The standard InChI is InChI=1S/C12H13N3O2S/c1-7-3-5-18-9(7)6-15-11-10(13)8(12(16)17)2-4-14-11/h2-5H,6,13H2,1H3,(H,14,15)(H,16,17). The van der Waals surface area contributed by atoms with Gasteiger partial charge >= 0.3 is 5.97 Å². The molecule has 2 aromatic heterocycles. The molecule has 4 N–H and O–H groups in total. The van der Waals surface area contributed by atoms with E-state index in [1.165, 1.54) is 22.7 Å². The predicted molar refractivity (Wildman–Crippen MR) is 72.0 cm³/mol. The van der Waals surface area contributed by atoms with E-state index >= 15 is 0 Å². The molecule has 0 saturated heterocycles. The van der Waals surface area contributed by atoms with Gasteiger partial charge in [-0.2, -0.15) is 0 Å². The summed E-state index contributed by atoms with van der Waals surface area (Å²) in [7, 11) is 0. The number of carbonyl (C=O) groups is 1. The lowest BCUT2D eigenvalue weighted by molar-refractivity contribution is 0.0698. The number of aromatic carboxylic acids is 1. The van der Waals surface area contributed by atoms with Gasteiger partial charge in [0.05, 0.1) is 17.8 Å². The van der Waals surface area contributed by atoms with Gasteiger partial charge in [-0.25, -0.2) is 9.78 Å². The van der Waals surface area contributed by atoms with E-state index in [0.717, 1.165) is 0 Å². The first kappa shape index (κ1) is 12.4. The van der Waals surface area contributed by atoms with Crippen molar-refractivity contribution in [2.75, 3.05) is 11.1 Å². The van der Waals surface area contributed by atoms with Crippen LogP contribution in [-0.2, 0) is 6.54 Å². The van der Waals surface area contributed by atoms with Crippen molar-refractivity contribution in [3.8, 4) is 0 Å². The van der Waals surface area contributed by atoms with Crippen LogP contribution in [0.25, 0.3) is 0 Å². The summed E-state index contributed by atoms with van der Waals surface area (Å²) in [5.41, 5.74) is 7.19. The van der Waals surface area contributed by atoms with E-state index in [1.54, 1.807) is 11.3 Å². The number of rotatable bonds is 4. The number of carboxylic acids is 1. The van der Waals surface area contributed by atoms with E-state index in [1.807, 2.05) is 18.4 Å². The highest BCUT2D eigenvalue weighted by atomic mass is 32.1. The minimum absolute atomic E-state index is 0.0652. The first-order valence-electron chi connectivity index (χ1n) is 5.34. The Morgan fingerprint density at radius 1 is 1.56 bits per heavy atom. The van der Waals surface area contributed by atoms with E-state index in [4.69, 9.17) is 10.8 Å². The van der Waals surface area contributed by atoms with Gasteiger partial charge in [-0.05, 0) is 30.0 Å². The average molecular weight is 263 g/mol. The quantitative estimate of drug-likeness (QED) is 0.788. The monoisotopic (exact) mass is 263 g/mol. The van der Waals surface area contributed by atoms with Crippen LogP contribution < -0.4 is 11.1 Å². The number of hydrogen-bond donors (Lipinski definition) is 3. The Hall–Kier alpha value is -2.08. The van der Waals surface area contributed by atoms with Gasteiger partial charge < -0.3 is 16.2 Å². The number of pyridine rings is 1. The van der Waals surface area contributed by atoms with Crippen molar-refractivity contribution in [3.63, 3.8) is 0 Å². The molecule has 0 aliphatic rings. The highest BCUT2D eigenvalue weighted by molar-refractivity contribution is 7.10. The highest BCUT2D eigenvalue weighted by Crippen LogP contribution is 2.22. The fraction of sp³-hybridized carbons (Fsp3) is 0.167. The molecule has 0 saturated carbocycles. The molecule has 2 rings (SSSR count). The maximum absolute atomic E-state index is 10.9. The number of carboxylic acid groups (broad SMARTS) is 1. The lowest BCUT2D eigenvalue weighted by Crippen LogP contribution is -2.09. The number of nitrogens with zero attached hydrogens (tertiary/aromatic N) is 1. The Morgan fingerprint density at radius 2 is 2.33 bits per heavy atom. The average Bonchev–Trinajstić information content (AvgIpc) is 2.73. The van der Waals surface area contributed by atoms with Crippen LogP contribution in [-0.4, -0.2) is 16.1 Å². The minimum Gasteiger partial charge on any atom is -0.478 e. The maximum atomic E-state index is 10.9. The van der Waals surface area contributed by atoms with Gasteiger partial charge in [0.2, 0.25) is 0 Å². The number of anilines is 2. The molecule has 0 aliphatic heterocycles. The van der Waals surface area contributed by atoms with Gasteiger partial charge in [-0.15, -0.1) is 11.3 Å². The Kier molecular flexibility index (Phi) is 3.47. The van der Waals surface area contributed by atoms with Gasteiger partial charge in [-0.1, -0.05) is 0 Å². The molecule has 5 nitrogen and oxygen atoms in total. The summed E-state index contributed by atoms with van der Waals surface area (Å²) >= 11 is 1.64. The van der Waals surface area contributed by atoms with Gasteiger partial charge in [0.1, 0.15) is 5.82 Å². The number of aryl methyl sites for hydroxylation is 1. The molecule has 0 aromatic carbocycles. The van der Waals surface area contributed by atoms with E-state index in [0.29, 0.717) is 12.4 Å². The van der Waals surface area contributed by atoms with Crippen molar-refractivity contribution in [3.05, 3.63) is 39.7 Å². The third kappa shape index (κ3) is 2.43. The van der Waals surface area contributed by atoms with Crippen LogP contribution in [0.1, 0.15) is 20.8 Å². The van der Waals surface area contributed by atoms with Crippen LogP contribution in [0.15, 0.2) is 23.7 Å². The van der Waals surface area contributed by atoms with Crippen LogP contribution >= 0.6 is 11.3 Å². The smallest absolute Gasteiger partial charge is 0.337 e. The zero-order chi connectivity index (χ0) is 13.1. The minimum atomic E-state index is -1.05. The molecule has 2 aromatic rings. The van der Waals surface area contributed by atoms with Crippen molar-refractivity contribution in [2.45, 2.75) is 13.5 Å². The zero-order valence-corrected chi connectivity index (χ0v) is 10.6. The lowest BCUT2D eigenvalue weighted by Gasteiger charge is -2.09. The Bertz CT molecular complexity index is 580. The molecule has 6 heteroatoms. The number of nitrogen functional groups attached to an aromatic ring is 1. The summed E-state index contributed by atoms with van der Waals surface area (Å²) in [5, 5.41) is 14.0. The fourth-order valence-corrected chi connectivity index (χ4v) is 2.40. The molecule has 0 fully saturated rings. The number of aromatic nitrogens is 1. The largest absolute Gasteiger partial charge is 0.478 e. The topological polar surface area (TPSA) is 88.2 Å². The third-order valence-electron chi connectivity index (χ3n) is 2.61. The van der Waals surface area contributed by atoms with Crippen molar-refractivity contribution >= 4 is 28.8 Å². The van der Waals surface area contributed by atoms with Crippen molar-refractivity contribution < 1.29 is 9.90 Å². The second-order valence-electron chi connectivity index (χ2n) is 3.81. The summed E-state index contributed by atoms with van der Waals surface area (Å²) in [4.78, 5) is 16.2. The molecule has 0 unspecified atom stereocenters. The Labute approximate surface area is 108 Å². The van der Waals surface area contributed by atoms with Crippen LogP contribution in [0, 0.1) is 6.92 Å². The molecule has 0 radical (unpaired) electrons. The molecule has 0 spiro atoms. The molecule has 2 heterocycles. The van der Waals surface area contributed by atoms with Crippen LogP contribution in [0.5, 0.6) is 0 Å². The SMILES string of the molecule is Cc1ccsc1CNc1nccc(C(=O)O)c1N. The molecule has 0 atom stereocenters. The highest BCUT2D eigenvalue weighted by Gasteiger charge is 2.12. The third-order valence-corrected chi connectivity index (χ3v) is 3.63. The van der Waals surface area contributed by atoms with Crippen molar-refractivity contribution in [2.24, 2.45) is 0 Å². The normalized spacial score (nSPS) is 10.3. The Balaban J connectivity index is 2.17. The molecule has 0 aliphatic carbocycles. The number of nitrogens with two attached hydrogens (primary N) is 1. The summed E-state index contributed by atoms with van der Waals surface area (Å²) in [6.07, 6.45) is 1.43. The van der Waals surface area contributed by atoms with Crippen LogP contribution in [0.4, 0.5) is 11.5 Å². The van der Waals surface area contributed by atoms with E-state index in [2.05, 4.69) is 10.3 Å². The first-order valence-corrected chi connectivity index (χ1v) is 6.22. The maximum Gasteiger partial charge on any atom is 0.337 e. The molecule has 0 amide bonds.